The molecule has 0 radical (unpaired) electrons. The van der Waals surface area contributed by atoms with E-state index in [1.165, 1.54) is 0 Å². The third-order valence-corrected chi connectivity index (χ3v) is 1.32. The van der Waals surface area contributed by atoms with Gasteiger partial charge in [-0.3, -0.25) is 0 Å². The first-order chi connectivity index (χ1) is 4.56. The molecule has 0 aliphatic carbocycles. The molecular formula is C8H18FN. The van der Waals surface area contributed by atoms with Crippen molar-refractivity contribution in [3.05, 3.63) is 0 Å². The SMILES string of the molecule is CC(C)(C)CCNCCF. The fourth-order valence-electron chi connectivity index (χ4n) is 0.655. The van der Waals surface area contributed by atoms with Crippen LogP contribution in [0.25, 0.3) is 0 Å². The van der Waals surface area contributed by atoms with Crippen molar-refractivity contribution in [1.82, 2.24) is 5.32 Å². The van der Waals surface area contributed by atoms with Crippen LogP contribution in [0.3, 0.4) is 0 Å². The van der Waals surface area contributed by atoms with Gasteiger partial charge in [0.2, 0.25) is 0 Å². The topological polar surface area (TPSA) is 12.0 Å². The van der Waals surface area contributed by atoms with Crippen LogP contribution in [-0.2, 0) is 0 Å². The Bertz CT molecular complexity index is 75.8. The Morgan fingerprint density at radius 1 is 1.20 bits per heavy atom. The quantitative estimate of drug-likeness (QED) is 0.599. The molecule has 1 nitrogen and oxygen atoms in total. The van der Waals surface area contributed by atoms with Crippen LogP contribution in [0.4, 0.5) is 4.39 Å². The van der Waals surface area contributed by atoms with Crippen molar-refractivity contribution in [3.63, 3.8) is 0 Å². The maximum Gasteiger partial charge on any atom is 0.102 e. The fourth-order valence-corrected chi connectivity index (χ4v) is 0.655. The Morgan fingerprint density at radius 2 is 1.80 bits per heavy atom. The maximum absolute atomic E-state index is 11.6. The molecule has 0 bridgehead atoms. The van der Waals surface area contributed by atoms with Crippen LogP contribution in [0, 0.1) is 5.41 Å². The largest absolute Gasteiger partial charge is 0.314 e. The Labute approximate surface area is 63.0 Å². The molecule has 0 unspecified atom stereocenters. The van der Waals surface area contributed by atoms with Gasteiger partial charge in [-0.15, -0.1) is 0 Å². The fraction of sp³-hybridized carbons (Fsp3) is 1.00. The zero-order chi connectivity index (χ0) is 8.04. The van der Waals surface area contributed by atoms with Crippen molar-refractivity contribution in [3.8, 4) is 0 Å². The van der Waals surface area contributed by atoms with Crippen LogP contribution in [-0.4, -0.2) is 19.8 Å². The van der Waals surface area contributed by atoms with Gasteiger partial charge >= 0.3 is 0 Å². The molecule has 1 N–H and O–H groups in total. The molecule has 0 aromatic carbocycles. The highest BCUT2D eigenvalue weighted by Crippen LogP contribution is 2.16. The van der Waals surface area contributed by atoms with Gasteiger partial charge in [0.05, 0.1) is 0 Å². The van der Waals surface area contributed by atoms with E-state index in [-0.39, 0.29) is 6.67 Å². The predicted octanol–water partition coefficient (Wildman–Crippen LogP) is 1.98. The predicted molar refractivity (Wildman–Crippen MR) is 42.9 cm³/mol. The molecule has 0 rings (SSSR count). The highest BCUT2D eigenvalue weighted by molar-refractivity contribution is 4.62. The third-order valence-electron chi connectivity index (χ3n) is 1.32. The van der Waals surface area contributed by atoms with E-state index in [2.05, 4.69) is 26.1 Å². The summed E-state index contributed by atoms with van der Waals surface area (Å²) >= 11 is 0. The summed E-state index contributed by atoms with van der Waals surface area (Å²) in [6, 6.07) is 0. The van der Waals surface area contributed by atoms with Gasteiger partial charge in [-0.2, -0.15) is 0 Å². The van der Waals surface area contributed by atoms with Crippen molar-refractivity contribution in [2.45, 2.75) is 27.2 Å². The zero-order valence-electron chi connectivity index (χ0n) is 7.21. The summed E-state index contributed by atoms with van der Waals surface area (Å²) in [7, 11) is 0. The molecule has 0 aromatic rings. The molecule has 0 saturated carbocycles. The Kier molecular flexibility index (Phi) is 4.62. The van der Waals surface area contributed by atoms with Gasteiger partial charge in [0, 0.05) is 6.54 Å². The van der Waals surface area contributed by atoms with Gasteiger partial charge < -0.3 is 5.32 Å². The molecule has 0 fully saturated rings. The molecule has 0 saturated heterocycles. The van der Waals surface area contributed by atoms with Gasteiger partial charge in [0.15, 0.2) is 0 Å². The van der Waals surface area contributed by atoms with Crippen LogP contribution in [0.15, 0.2) is 0 Å². The van der Waals surface area contributed by atoms with Crippen molar-refractivity contribution in [1.29, 1.82) is 0 Å². The smallest absolute Gasteiger partial charge is 0.102 e. The van der Waals surface area contributed by atoms with Gasteiger partial charge in [-0.05, 0) is 18.4 Å². The second-order valence-corrected chi connectivity index (χ2v) is 3.75. The first kappa shape index (κ1) is 9.89. The van der Waals surface area contributed by atoms with E-state index in [0.717, 1.165) is 13.0 Å². The van der Waals surface area contributed by atoms with Crippen molar-refractivity contribution in [2.24, 2.45) is 5.41 Å². The highest BCUT2D eigenvalue weighted by atomic mass is 19.1. The number of alkyl halides is 1. The molecular weight excluding hydrogens is 129 g/mol. The molecule has 0 aliphatic rings. The molecule has 2 heteroatoms. The average Bonchev–Trinajstić information content (AvgIpc) is 1.78. The Balaban J connectivity index is 3.04. The van der Waals surface area contributed by atoms with Gasteiger partial charge in [-0.1, -0.05) is 20.8 Å². The first-order valence-corrected chi connectivity index (χ1v) is 3.83. The number of hydrogen-bond acceptors (Lipinski definition) is 1. The van der Waals surface area contributed by atoms with E-state index in [1.54, 1.807) is 0 Å². The van der Waals surface area contributed by atoms with Gasteiger partial charge in [0.1, 0.15) is 6.67 Å². The molecule has 0 amide bonds. The zero-order valence-corrected chi connectivity index (χ0v) is 7.21. The average molecular weight is 147 g/mol. The lowest BCUT2D eigenvalue weighted by Gasteiger charge is -2.17. The summed E-state index contributed by atoms with van der Waals surface area (Å²) in [4.78, 5) is 0. The third kappa shape index (κ3) is 7.89. The number of rotatable bonds is 4. The van der Waals surface area contributed by atoms with E-state index < -0.39 is 0 Å². The van der Waals surface area contributed by atoms with Gasteiger partial charge in [-0.25, -0.2) is 4.39 Å². The minimum atomic E-state index is -0.260. The minimum Gasteiger partial charge on any atom is -0.314 e. The highest BCUT2D eigenvalue weighted by Gasteiger charge is 2.07. The Hall–Kier alpha value is -0.110. The maximum atomic E-state index is 11.6. The molecule has 0 aromatic heterocycles. The number of hydrogen-bond donors (Lipinski definition) is 1. The van der Waals surface area contributed by atoms with Crippen molar-refractivity contribution < 1.29 is 4.39 Å². The summed E-state index contributed by atoms with van der Waals surface area (Å²) in [6.07, 6.45) is 1.10. The normalized spacial score (nSPS) is 12.0. The van der Waals surface area contributed by atoms with Crippen LogP contribution in [0.1, 0.15) is 27.2 Å². The number of nitrogens with one attached hydrogen (secondary N) is 1. The van der Waals surface area contributed by atoms with Crippen LogP contribution >= 0.6 is 0 Å². The monoisotopic (exact) mass is 147 g/mol. The van der Waals surface area contributed by atoms with Crippen LogP contribution in [0.5, 0.6) is 0 Å². The molecule has 0 spiro atoms. The van der Waals surface area contributed by atoms with E-state index in [0.29, 0.717) is 12.0 Å². The minimum absolute atomic E-state index is 0.260. The number of halogens is 1. The lowest BCUT2D eigenvalue weighted by atomic mass is 9.92. The second kappa shape index (κ2) is 4.67. The van der Waals surface area contributed by atoms with E-state index in [4.69, 9.17) is 0 Å². The Morgan fingerprint density at radius 3 is 2.20 bits per heavy atom. The first-order valence-electron chi connectivity index (χ1n) is 3.83. The van der Waals surface area contributed by atoms with E-state index in [9.17, 15) is 4.39 Å². The molecule has 0 aliphatic heterocycles. The van der Waals surface area contributed by atoms with E-state index in [1.807, 2.05) is 0 Å². The molecule has 10 heavy (non-hydrogen) atoms. The summed E-state index contributed by atoms with van der Waals surface area (Å²) in [6.45, 7) is 7.71. The van der Waals surface area contributed by atoms with E-state index >= 15 is 0 Å². The van der Waals surface area contributed by atoms with Crippen molar-refractivity contribution >= 4 is 0 Å². The second-order valence-electron chi connectivity index (χ2n) is 3.75. The summed E-state index contributed by atoms with van der Waals surface area (Å²) in [5, 5.41) is 3.02. The van der Waals surface area contributed by atoms with Crippen molar-refractivity contribution in [2.75, 3.05) is 19.8 Å². The molecule has 62 valence electrons. The lowest BCUT2D eigenvalue weighted by Crippen LogP contribution is -2.22. The summed E-state index contributed by atoms with van der Waals surface area (Å²) < 4.78 is 11.6. The standard InChI is InChI=1S/C8H18FN/c1-8(2,3)4-6-10-7-5-9/h10H,4-7H2,1-3H3. The van der Waals surface area contributed by atoms with Crippen LogP contribution in [0.2, 0.25) is 0 Å². The molecule has 0 atom stereocenters. The summed E-state index contributed by atoms with van der Waals surface area (Å²) in [5.41, 5.74) is 0.364. The molecule has 0 heterocycles. The lowest BCUT2D eigenvalue weighted by molar-refractivity contribution is 0.360. The summed E-state index contributed by atoms with van der Waals surface area (Å²) in [5.74, 6) is 0. The van der Waals surface area contributed by atoms with Crippen LogP contribution < -0.4 is 5.32 Å². The van der Waals surface area contributed by atoms with Gasteiger partial charge in [0.25, 0.3) is 0 Å².